The molecule has 0 aliphatic rings. The minimum atomic E-state index is -0.509. The van der Waals surface area contributed by atoms with E-state index in [1.165, 1.54) is 0 Å². The lowest BCUT2D eigenvalue weighted by molar-refractivity contribution is 0.0998. The third kappa shape index (κ3) is 4.45. The molecule has 0 bridgehead atoms. The van der Waals surface area contributed by atoms with Crippen LogP contribution < -0.4 is 15.8 Å². The van der Waals surface area contributed by atoms with E-state index in [1.54, 1.807) is 60.9 Å². The molecule has 0 saturated carbocycles. The van der Waals surface area contributed by atoms with Crippen molar-refractivity contribution in [2.75, 3.05) is 5.32 Å². The summed E-state index contributed by atoms with van der Waals surface area (Å²) in [4.78, 5) is 27.4. The van der Waals surface area contributed by atoms with Crippen molar-refractivity contribution in [2.45, 2.75) is 6.61 Å². The second kappa shape index (κ2) is 7.94. The Morgan fingerprint density at radius 3 is 2.27 bits per heavy atom. The van der Waals surface area contributed by atoms with Crippen LogP contribution in [-0.4, -0.2) is 16.8 Å². The molecule has 3 N–H and O–H groups in total. The number of pyridine rings is 1. The average Bonchev–Trinajstić information content (AvgIpc) is 2.68. The predicted octanol–water partition coefficient (Wildman–Crippen LogP) is 3.01. The number of anilines is 1. The molecule has 0 radical (unpaired) electrons. The number of hydrogen-bond donors (Lipinski definition) is 2. The molecule has 1 heterocycles. The Hall–Kier alpha value is -3.67. The SMILES string of the molecule is NC(=O)c1ccc(NC(=O)c2ccc(OCc3cccnc3)cc2)cc1. The van der Waals surface area contributed by atoms with Crippen molar-refractivity contribution in [1.29, 1.82) is 0 Å². The molecular formula is C20H17N3O3. The van der Waals surface area contributed by atoms with Gasteiger partial charge in [0.25, 0.3) is 5.91 Å². The summed E-state index contributed by atoms with van der Waals surface area (Å²) in [6.45, 7) is 0.408. The Bertz CT molecular complexity index is 892. The monoisotopic (exact) mass is 347 g/mol. The second-order valence-electron chi connectivity index (χ2n) is 5.57. The van der Waals surface area contributed by atoms with Crippen LogP contribution >= 0.6 is 0 Å². The van der Waals surface area contributed by atoms with E-state index in [9.17, 15) is 9.59 Å². The molecule has 6 heteroatoms. The summed E-state index contributed by atoms with van der Waals surface area (Å²) < 4.78 is 5.67. The van der Waals surface area contributed by atoms with Gasteiger partial charge in [-0.05, 0) is 54.6 Å². The highest BCUT2D eigenvalue weighted by Gasteiger charge is 2.07. The first-order valence-corrected chi connectivity index (χ1v) is 7.95. The molecule has 130 valence electrons. The van der Waals surface area contributed by atoms with Crippen LogP contribution in [0.5, 0.6) is 5.75 Å². The van der Waals surface area contributed by atoms with Crippen LogP contribution in [0.2, 0.25) is 0 Å². The molecule has 0 unspecified atom stereocenters. The number of ether oxygens (including phenoxy) is 1. The number of amides is 2. The van der Waals surface area contributed by atoms with Gasteiger partial charge in [0.1, 0.15) is 12.4 Å². The zero-order valence-corrected chi connectivity index (χ0v) is 13.9. The zero-order valence-electron chi connectivity index (χ0n) is 13.9. The van der Waals surface area contributed by atoms with Gasteiger partial charge in [-0.15, -0.1) is 0 Å². The van der Waals surface area contributed by atoms with Crippen molar-refractivity contribution >= 4 is 17.5 Å². The third-order valence-corrected chi connectivity index (χ3v) is 3.67. The van der Waals surface area contributed by atoms with Gasteiger partial charge < -0.3 is 15.8 Å². The number of carbonyl (C=O) groups is 2. The van der Waals surface area contributed by atoms with Crippen LogP contribution in [0.25, 0.3) is 0 Å². The Labute approximate surface area is 150 Å². The van der Waals surface area contributed by atoms with Crippen molar-refractivity contribution in [2.24, 2.45) is 5.73 Å². The van der Waals surface area contributed by atoms with E-state index in [2.05, 4.69) is 10.3 Å². The molecule has 0 saturated heterocycles. The summed E-state index contributed by atoms with van der Waals surface area (Å²) in [5.74, 6) is -0.100. The van der Waals surface area contributed by atoms with Gasteiger partial charge in [-0.25, -0.2) is 0 Å². The quantitative estimate of drug-likeness (QED) is 0.716. The van der Waals surface area contributed by atoms with E-state index in [1.807, 2.05) is 12.1 Å². The molecule has 0 atom stereocenters. The Morgan fingerprint density at radius 2 is 1.65 bits per heavy atom. The number of benzene rings is 2. The van der Waals surface area contributed by atoms with Crippen molar-refractivity contribution < 1.29 is 14.3 Å². The van der Waals surface area contributed by atoms with Gasteiger partial charge in [0.2, 0.25) is 5.91 Å². The predicted molar refractivity (Wildman–Crippen MR) is 97.9 cm³/mol. The molecule has 2 amide bonds. The fourth-order valence-electron chi connectivity index (χ4n) is 2.27. The minimum absolute atomic E-state index is 0.254. The summed E-state index contributed by atoms with van der Waals surface area (Å²) in [5, 5.41) is 2.76. The highest BCUT2D eigenvalue weighted by molar-refractivity contribution is 6.04. The van der Waals surface area contributed by atoms with Crippen LogP contribution in [0.3, 0.4) is 0 Å². The smallest absolute Gasteiger partial charge is 0.255 e. The zero-order chi connectivity index (χ0) is 18.4. The molecular weight excluding hydrogens is 330 g/mol. The number of hydrogen-bond acceptors (Lipinski definition) is 4. The van der Waals surface area contributed by atoms with E-state index in [0.29, 0.717) is 29.2 Å². The van der Waals surface area contributed by atoms with Gasteiger partial charge in [-0.3, -0.25) is 14.6 Å². The van der Waals surface area contributed by atoms with Gasteiger partial charge in [-0.1, -0.05) is 6.07 Å². The first-order valence-electron chi connectivity index (χ1n) is 7.95. The number of aromatic nitrogens is 1. The molecule has 0 spiro atoms. The summed E-state index contributed by atoms with van der Waals surface area (Å²) >= 11 is 0. The molecule has 3 rings (SSSR count). The van der Waals surface area contributed by atoms with Crippen LogP contribution in [-0.2, 0) is 6.61 Å². The van der Waals surface area contributed by atoms with Crippen LogP contribution in [0.4, 0.5) is 5.69 Å². The van der Waals surface area contributed by atoms with E-state index >= 15 is 0 Å². The van der Waals surface area contributed by atoms with Crippen molar-refractivity contribution in [3.63, 3.8) is 0 Å². The van der Waals surface area contributed by atoms with Crippen LogP contribution in [0, 0.1) is 0 Å². The fraction of sp³-hybridized carbons (Fsp3) is 0.0500. The molecule has 0 aliphatic carbocycles. The summed E-state index contributed by atoms with van der Waals surface area (Å²) in [6.07, 6.45) is 3.45. The van der Waals surface area contributed by atoms with Crippen molar-refractivity contribution in [3.8, 4) is 5.75 Å². The number of rotatable bonds is 6. The Morgan fingerprint density at radius 1 is 0.962 bits per heavy atom. The third-order valence-electron chi connectivity index (χ3n) is 3.67. The lowest BCUT2D eigenvalue weighted by atomic mass is 10.1. The first kappa shape index (κ1) is 17.2. The van der Waals surface area contributed by atoms with Gasteiger partial charge >= 0.3 is 0 Å². The van der Waals surface area contributed by atoms with E-state index in [-0.39, 0.29) is 5.91 Å². The molecule has 3 aromatic rings. The molecule has 0 fully saturated rings. The lowest BCUT2D eigenvalue weighted by Crippen LogP contribution is -2.13. The van der Waals surface area contributed by atoms with E-state index in [0.717, 1.165) is 5.56 Å². The molecule has 6 nitrogen and oxygen atoms in total. The molecule has 2 aromatic carbocycles. The standard InChI is InChI=1S/C20H17N3O3/c21-19(24)15-3-7-17(8-4-15)23-20(25)16-5-9-18(10-6-16)26-13-14-2-1-11-22-12-14/h1-12H,13H2,(H2,21,24)(H,23,25). The van der Waals surface area contributed by atoms with Crippen LogP contribution in [0.1, 0.15) is 26.3 Å². The van der Waals surface area contributed by atoms with Gasteiger partial charge in [0.15, 0.2) is 0 Å². The molecule has 1 aromatic heterocycles. The highest BCUT2D eigenvalue weighted by atomic mass is 16.5. The topological polar surface area (TPSA) is 94.3 Å². The maximum Gasteiger partial charge on any atom is 0.255 e. The van der Waals surface area contributed by atoms with Crippen molar-refractivity contribution in [3.05, 3.63) is 89.7 Å². The first-order chi connectivity index (χ1) is 12.6. The summed E-state index contributed by atoms with van der Waals surface area (Å²) in [6, 6.07) is 17.0. The molecule has 0 aliphatic heterocycles. The number of nitrogens with zero attached hydrogens (tertiary/aromatic N) is 1. The maximum atomic E-state index is 12.3. The Kier molecular flexibility index (Phi) is 5.24. The number of carbonyl (C=O) groups excluding carboxylic acids is 2. The van der Waals surface area contributed by atoms with E-state index < -0.39 is 5.91 Å². The maximum absolute atomic E-state index is 12.3. The Balaban J connectivity index is 1.58. The fourth-order valence-corrected chi connectivity index (χ4v) is 2.27. The van der Waals surface area contributed by atoms with Gasteiger partial charge in [-0.2, -0.15) is 0 Å². The normalized spacial score (nSPS) is 10.2. The highest BCUT2D eigenvalue weighted by Crippen LogP contribution is 2.16. The molecule has 26 heavy (non-hydrogen) atoms. The van der Waals surface area contributed by atoms with Gasteiger partial charge in [0, 0.05) is 34.8 Å². The number of primary amides is 1. The van der Waals surface area contributed by atoms with Crippen LogP contribution in [0.15, 0.2) is 73.1 Å². The largest absolute Gasteiger partial charge is 0.489 e. The van der Waals surface area contributed by atoms with Gasteiger partial charge in [0.05, 0.1) is 0 Å². The number of nitrogens with two attached hydrogens (primary N) is 1. The van der Waals surface area contributed by atoms with Crippen molar-refractivity contribution in [1.82, 2.24) is 4.98 Å². The minimum Gasteiger partial charge on any atom is -0.489 e. The second-order valence-corrected chi connectivity index (χ2v) is 5.57. The summed E-state index contributed by atoms with van der Waals surface area (Å²) in [5.41, 5.74) is 7.62. The lowest BCUT2D eigenvalue weighted by Gasteiger charge is -2.08. The summed E-state index contributed by atoms with van der Waals surface area (Å²) in [7, 11) is 0. The average molecular weight is 347 g/mol. The number of nitrogens with one attached hydrogen (secondary N) is 1. The van der Waals surface area contributed by atoms with E-state index in [4.69, 9.17) is 10.5 Å².